The summed E-state index contributed by atoms with van der Waals surface area (Å²) in [6.45, 7) is 0.969. The number of likely N-dealkylation sites (N-methyl/N-ethyl adjacent to an activating group) is 1. The van der Waals surface area contributed by atoms with Gasteiger partial charge in [-0.2, -0.15) is 0 Å². The summed E-state index contributed by atoms with van der Waals surface area (Å²) in [5.74, 6) is 0. The average molecular weight is 302 g/mol. The van der Waals surface area contributed by atoms with Crippen LogP contribution in [0.5, 0.6) is 0 Å². The van der Waals surface area contributed by atoms with E-state index in [1.165, 1.54) is 22.5 Å². The topological polar surface area (TPSA) is 6.48 Å². The van der Waals surface area contributed by atoms with Gasteiger partial charge in [0.15, 0.2) is 0 Å². The lowest BCUT2D eigenvalue weighted by Gasteiger charge is -2.19. The van der Waals surface area contributed by atoms with E-state index in [0.29, 0.717) is 0 Å². The minimum atomic E-state index is 0.969. The number of nitrogens with zero attached hydrogens (tertiary/aromatic N) is 2. The van der Waals surface area contributed by atoms with Crippen molar-refractivity contribution in [3.63, 3.8) is 0 Å². The van der Waals surface area contributed by atoms with E-state index in [-0.39, 0.29) is 0 Å². The zero-order valence-corrected chi connectivity index (χ0v) is 13.7. The third-order valence-electron chi connectivity index (χ3n) is 4.03. The van der Waals surface area contributed by atoms with Crippen LogP contribution < -0.4 is 4.90 Å². The maximum atomic E-state index is 2.23. The molecule has 2 aromatic carbocycles. The van der Waals surface area contributed by atoms with Gasteiger partial charge in [-0.3, -0.25) is 0 Å². The summed E-state index contributed by atoms with van der Waals surface area (Å²) >= 11 is 0. The van der Waals surface area contributed by atoms with Crippen LogP contribution in [0.1, 0.15) is 5.56 Å². The molecule has 2 aromatic rings. The summed E-state index contributed by atoms with van der Waals surface area (Å²) < 4.78 is 0. The highest BCUT2D eigenvalue weighted by molar-refractivity contribution is 5.65. The molecule has 0 amide bonds. The Labute approximate surface area is 138 Å². The van der Waals surface area contributed by atoms with Gasteiger partial charge in [-0.1, -0.05) is 48.6 Å². The second kappa shape index (κ2) is 7.01. The Bertz CT molecular complexity index is 724. The van der Waals surface area contributed by atoms with Gasteiger partial charge in [0.1, 0.15) is 0 Å². The van der Waals surface area contributed by atoms with Crippen LogP contribution in [0.3, 0.4) is 0 Å². The molecule has 0 bridgehead atoms. The quantitative estimate of drug-likeness (QED) is 0.796. The second-order valence-electron chi connectivity index (χ2n) is 5.78. The molecule has 0 aromatic heterocycles. The van der Waals surface area contributed by atoms with Gasteiger partial charge in [-0.15, -0.1) is 0 Å². The molecule has 3 rings (SSSR count). The normalized spacial score (nSPS) is 14.2. The summed E-state index contributed by atoms with van der Waals surface area (Å²) in [6.07, 6.45) is 10.8. The number of benzene rings is 2. The molecule has 0 unspecified atom stereocenters. The molecule has 1 aliphatic heterocycles. The number of hydrogen-bond acceptors (Lipinski definition) is 2. The third-order valence-corrected chi connectivity index (χ3v) is 4.03. The molecule has 0 saturated heterocycles. The van der Waals surface area contributed by atoms with E-state index in [2.05, 4.69) is 103 Å². The fourth-order valence-corrected chi connectivity index (χ4v) is 2.52. The number of allylic oxidation sites excluding steroid dienone is 3. The zero-order chi connectivity index (χ0) is 16.1. The first kappa shape index (κ1) is 15.2. The van der Waals surface area contributed by atoms with Crippen molar-refractivity contribution in [3.8, 4) is 0 Å². The molecule has 0 radical (unpaired) electrons. The minimum absolute atomic E-state index is 0.969. The van der Waals surface area contributed by atoms with E-state index in [9.17, 15) is 0 Å². The predicted octanol–water partition coefficient (Wildman–Crippen LogP) is 4.85. The first-order valence-corrected chi connectivity index (χ1v) is 7.88. The minimum Gasteiger partial charge on any atom is -0.377 e. The van der Waals surface area contributed by atoms with E-state index >= 15 is 0 Å². The number of rotatable bonds is 4. The third kappa shape index (κ3) is 3.92. The molecule has 0 N–H and O–H groups in total. The van der Waals surface area contributed by atoms with Crippen LogP contribution in [-0.2, 0) is 0 Å². The summed E-state index contributed by atoms with van der Waals surface area (Å²) in [5.41, 5.74) is 4.85. The Morgan fingerprint density at radius 3 is 2.26 bits per heavy atom. The van der Waals surface area contributed by atoms with Gasteiger partial charge in [0.2, 0.25) is 0 Å². The van der Waals surface area contributed by atoms with Crippen LogP contribution in [0.4, 0.5) is 11.4 Å². The lowest BCUT2D eigenvalue weighted by molar-refractivity contribution is 0.503. The van der Waals surface area contributed by atoms with E-state index < -0.39 is 0 Å². The standard InChI is InChI=1S/C21H22N2/c1-22-16-14-19(15-17-22)9-8-18-10-12-21(13-11-18)23(2)20-6-4-3-5-7-20/h3-16H,17H2,1-2H3. The fraction of sp³-hybridized carbons (Fsp3) is 0.143. The first-order chi connectivity index (χ1) is 11.2. The van der Waals surface area contributed by atoms with Gasteiger partial charge in [0.25, 0.3) is 0 Å². The molecule has 0 aliphatic carbocycles. The lowest BCUT2D eigenvalue weighted by atomic mass is 10.1. The highest BCUT2D eigenvalue weighted by Gasteiger charge is 2.02. The second-order valence-corrected chi connectivity index (χ2v) is 5.78. The molecule has 0 fully saturated rings. The molecule has 116 valence electrons. The largest absolute Gasteiger partial charge is 0.377 e. The molecule has 2 heteroatoms. The van der Waals surface area contributed by atoms with E-state index in [0.717, 1.165) is 6.54 Å². The SMILES string of the molecule is CN1C=CC(C=Cc2ccc(N(C)c3ccccc3)cc2)=CC1. The van der Waals surface area contributed by atoms with Gasteiger partial charge >= 0.3 is 0 Å². The number of para-hydroxylation sites is 1. The summed E-state index contributed by atoms with van der Waals surface area (Å²) in [6, 6.07) is 19.0. The highest BCUT2D eigenvalue weighted by Crippen LogP contribution is 2.23. The fourth-order valence-electron chi connectivity index (χ4n) is 2.52. The molecule has 2 nitrogen and oxygen atoms in total. The first-order valence-electron chi connectivity index (χ1n) is 7.88. The van der Waals surface area contributed by atoms with Crippen LogP contribution in [-0.4, -0.2) is 25.5 Å². The lowest BCUT2D eigenvalue weighted by Crippen LogP contribution is -2.12. The van der Waals surface area contributed by atoms with Crippen molar-refractivity contribution >= 4 is 17.5 Å². The van der Waals surface area contributed by atoms with Crippen LogP contribution in [0, 0.1) is 0 Å². The van der Waals surface area contributed by atoms with Gasteiger partial charge in [0, 0.05) is 32.0 Å². The van der Waals surface area contributed by atoms with Crippen molar-refractivity contribution < 1.29 is 0 Å². The monoisotopic (exact) mass is 302 g/mol. The van der Waals surface area contributed by atoms with Gasteiger partial charge < -0.3 is 9.80 Å². The Hall–Kier alpha value is -2.74. The molecular weight excluding hydrogens is 280 g/mol. The van der Waals surface area contributed by atoms with E-state index in [1.54, 1.807) is 0 Å². The van der Waals surface area contributed by atoms with E-state index in [4.69, 9.17) is 0 Å². The molecule has 0 spiro atoms. The number of hydrogen-bond donors (Lipinski definition) is 0. The van der Waals surface area contributed by atoms with Crippen LogP contribution in [0.15, 0.2) is 84.6 Å². The summed E-state index contributed by atoms with van der Waals surface area (Å²) in [7, 11) is 4.17. The van der Waals surface area contributed by atoms with Crippen molar-refractivity contribution in [2.24, 2.45) is 0 Å². The van der Waals surface area contributed by atoms with Crippen molar-refractivity contribution in [3.05, 3.63) is 90.2 Å². The Kier molecular flexibility index (Phi) is 4.62. The smallest absolute Gasteiger partial charge is 0.0408 e. The van der Waals surface area contributed by atoms with Gasteiger partial charge in [-0.05, 0) is 47.7 Å². The molecule has 23 heavy (non-hydrogen) atoms. The van der Waals surface area contributed by atoms with Crippen molar-refractivity contribution in [2.45, 2.75) is 0 Å². The molecule has 0 atom stereocenters. The van der Waals surface area contributed by atoms with Crippen LogP contribution in [0.25, 0.3) is 6.08 Å². The van der Waals surface area contributed by atoms with E-state index in [1.807, 2.05) is 6.07 Å². The summed E-state index contributed by atoms with van der Waals surface area (Å²) in [4.78, 5) is 4.35. The predicted molar refractivity (Wildman–Crippen MR) is 99.8 cm³/mol. The van der Waals surface area contributed by atoms with Crippen molar-refractivity contribution in [1.29, 1.82) is 0 Å². The maximum Gasteiger partial charge on any atom is 0.0408 e. The molecule has 1 heterocycles. The average Bonchev–Trinajstić information content (AvgIpc) is 2.62. The molecule has 1 aliphatic rings. The molecule has 0 saturated carbocycles. The van der Waals surface area contributed by atoms with Crippen molar-refractivity contribution in [1.82, 2.24) is 4.90 Å². The Morgan fingerprint density at radius 1 is 0.913 bits per heavy atom. The van der Waals surface area contributed by atoms with Crippen LogP contribution >= 0.6 is 0 Å². The van der Waals surface area contributed by atoms with Crippen LogP contribution in [0.2, 0.25) is 0 Å². The maximum absolute atomic E-state index is 2.23. The zero-order valence-electron chi connectivity index (χ0n) is 13.7. The van der Waals surface area contributed by atoms with Crippen molar-refractivity contribution in [2.75, 3.05) is 25.5 Å². The summed E-state index contributed by atoms with van der Waals surface area (Å²) in [5, 5.41) is 0. The van der Waals surface area contributed by atoms with Gasteiger partial charge in [0.05, 0.1) is 0 Å². The molecular formula is C21H22N2. The Balaban J connectivity index is 1.69. The number of anilines is 2. The van der Waals surface area contributed by atoms with Gasteiger partial charge in [-0.25, -0.2) is 0 Å². The highest BCUT2D eigenvalue weighted by atomic mass is 15.1. The Morgan fingerprint density at radius 2 is 1.61 bits per heavy atom.